The fourth-order valence-corrected chi connectivity index (χ4v) is 2.19. The van der Waals surface area contributed by atoms with Gasteiger partial charge in [0, 0.05) is 13.1 Å². The molecule has 0 saturated carbocycles. The third-order valence-corrected chi connectivity index (χ3v) is 4.29. The molecule has 2 atom stereocenters. The summed E-state index contributed by atoms with van der Waals surface area (Å²) >= 11 is 0. The molecule has 4 N–H and O–H groups in total. The number of esters is 1. The lowest BCUT2D eigenvalue weighted by molar-refractivity contribution is -0.150. The average molecular weight is 540 g/mol. The Morgan fingerprint density at radius 3 is 1.61 bits per heavy atom. The van der Waals surface area contributed by atoms with Crippen LogP contribution in [0.25, 0.3) is 0 Å². The van der Waals surface area contributed by atoms with Crippen LogP contribution in [0.3, 0.4) is 0 Å². The maximum atomic E-state index is 11.4. The molecule has 0 spiro atoms. The first kappa shape index (κ1) is 34.6. The van der Waals surface area contributed by atoms with E-state index in [1.807, 2.05) is 30.3 Å². The van der Waals surface area contributed by atoms with Crippen molar-refractivity contribution in [2.24, 2.45) is 11.7 Å². The normalized spacial score (nSPS) is 13.4. The van der Waals surface area contributed by atoms with Crippen LogP contribution in [0.4, 0.5) is 0 Å². The number of hydrogen-bond donors (Lipinski definition) is 3. The van der Waals surface area contributed by atoms with Crippen molar-refractivity contribution in [1.82, 2.24) is 10.6 Å². The zero-order valence-electron chi connectivity index (χ0n) is 22.3. The van der Waals surface area contributed by atoms with Gasteiger partial charge >= 0.3 is 5.97 Å². The van der Waals surface area contributed by atoms with E-state index in [2.05, 4.69) is 99.4 Å². The minimum absolute atomic E-state index is 0.0324. The second kappa shape index (κ2) is 24.0. The molecule has 1 aromatic rings. The molecule has 41 heavy (non-hydrogen) atoms. The highest BCUT2D eigenvalue weighted by atomic mass is 16.5. The molecule has 2 aliphatic heterocycles. The van der Waals surface area contributed by atoms with Gasteiger partial charge in [0.15, 0.2) is 0 Å². The van der Waals surface area contributed by atoms with Crippen molar-refractivity contribution < 1.29 is 19.1 Å². The number of benzene rings is 1. The van der Waals surface area contributed by atoms with E-state index >= 15 is 0 Å². The zero-order valence-corrected chi connectivity index (χ0v) is 22.3. The lowest BCUT2D eigenvalue weighted by atomic mass is 9.98. The lowest BCUT2D eigenvalue weighted by Gasteiger charge is -2.24. The quantitative estimate of drug-likeness (QED) is 0.288. The first-order chi connectivity index (χ1) is 19.9. The highest BCUT2D eigenvalue weighted by Crippen LogP contribution is 2.12. The molecule has 7 nitrogen and oxygen atoms in total. The summed E-state index contributed by atoms with van der Waals surface area (Å²) in [4.78, 5) is 32.3. The van der Waals surface area contributed by atoms with E-state index in [4.69, 9.17) is 29.7 Å². The van der Waals surface area contributed by atoms with E-state index in [0.717, 1.165) is 5.56 Å². The largest absolute Gasteiger partial charge is 0.461 e. The molecule has 2 aliphatic rings. The summed E-state index contributed by atoms with van der Waals surface area (Å²) in [6, 6.07) is 9.26. The first-order valence-electron chi connectivity index (χ1n) is 11.7. The van der Waals surface area contributed by atoms with Crippen LogP contribution < -0.4 is 16.4 Å². The van der Waals surface area contributed by atoms with Gasteiger partial charge in [-0.1, -0.05) is 36.3 Å². The molecule has 0 radical (unpaired) electrons. The first-order valence-corrected chi connectivity index (χ1v) is 11.7. The number of nitrogens with one attached hydrogen (secondary N) is 2. The minimum atomic E-state index is -0.316. The summed E-state index contributed by atoms with van der Waals surface area (Å²) < 4.78 is 5.06. The molecular formula is C34H25N3O4. The van der Waals surface area contributed by atoms with Gasteiger partial charge in [0.25, 0.3) is 0 Å². The van der Waals surface area contributed by atoms with Crippen LogP contribution in [0.2, 0.25) is 0 Å². The third kappa shape index (κ3) is 19.4. The van der Waals surface area contributed by atoms with E-state index in [1.54, 1.807) is 6.92 Å². The van der Waals surface area contributed by atoms with Crippen molar-refractivity contribution in [1.29, 1.82) is 0 Å². The van der Waals surface area contributed by atoms with Gasteiger partial charge in [-0.15, -0.1) is 19.3 Å². The van der Waals surface area contributed by atoms with Crippen molar-refractivity contribution in [3.05, 3.63) is 35.9 Å². The molecule has 7 heteroatoms. The van der Waals surface area contributed by atoms with E-state index in [-0.39, 0.29) is 42.8 Å². The van der Waals surface area contributed by atoms with Crippen LogP contribution in [0.15, 0.2) is 30.3 Å². The van der Waals surface area contributed by atoms with Gasteiger partial charge in [0.05, 0.1) is 12.3 Å². The Balaban J connectivity index is 0.000000557. The highest BCUT2D eigenvalue weighted by molar-refractivity contribution is 5.88. The number of nitrogens with two attached hydrogens (primary N) is 1. The number of terminal acetylenes is 3. The van der Waals surface area contributed by atoms with Crippen LogP contribution in [0, 0.1) is 114 Å². The van der Waals surface area contributed by atoms with Crippen molar-refractivity contribution in [3.63, 3.8) is 0 Å². The Morgan fingerprint density at radius 2 is 1.27 bits per heavy atom. The molecule has 0 unspecified atom stereocenters. The monoisotopic (exact) mass is 539 g/mol. The molecular weight excluding hydrogens is 514 g/mol. The third-order valence-electron chi connectivity index (χ3n) is 4.29. The molecule has 0 bridgehead atoms. The van der Waals surface area contributed by atoms with Gasteiger partial charge in [-0.05, 0) is 95.4 Å². The predicted molar refractivity (Wildman–Crippen MR) is 157 cm³/mol. The lowest BCUT2D eigenvalue weighted by Crippen LogP contribution is -2.58. The number of ether oxygens (including phenoxy) is 1. The second-order valence-corrected chi connectivity index (χ2v) is 7.20. The van der Waals surface area contributed by atoms with Crippen LogP contribution in [0.1, 0.15) is 18.9 Å². The number of β-lactam (4-membered cyclic amide) rings is 2. The smallest absolute Gasteiger partial charge is 0.306 e. The molecule has 2 amide bonds. The fraction of sp³-hybridized carbons (Fsp3) is 0.206. The zero-order chi connectivity index (χ0) is 30.6. The molecule has 1 aromatic carbocycles. The van der Waals surface area contributed by atoms with Crippen molar-refractivity contribution in [2.45, 2.75) is 26.0 Å². The summed E-state index contributed by atoms with van der Waals surface area (Å²) in [5.74, 6) is 34.8. The highest BCUT2D eigenvalue weighted by Gasteiger charge is 2.30. The Bertz CT molecular complexity index is 1530. The Labute approximate surface area is 242 Å². The van der Waals surface area contributed by atoms with Crippen LogP contribution in [0.5, 0.6) is 0 Å². The summed E-state index contributed by atoms with van der Waals surface area (Å²) in [7, 11) is 0. The second-order valence-electron chi connectivity index (χ2n) is 7.20. The van der Waals surface area contributed by atoms with E-state index < -0.39 is 0 Å². The molecule has 200 valence electrons. The molecule has 2 fully saturated rings. The van der Waals surface area contributed by atoms with Gasteiger partial charge < -0.3 is 21.1 Å². The van der Waals surface area contributed by atoms with Gasteiger partial charge in [-0.3, -0.25) is 14.4 Å². The summed E-state index contributed by atoms with van der Waals surface area (Å²) in [6.45, 7) is 3.22. The Hall–Kier alpha value is -6.37. The maximum Gasteiger partial charge on any atom is 0.306 e. The maximum absolute atomic E-state index is 11.4. The van der Waals surface area contributed by atoms with Gasteiger partial charge in [-0.2, -0.15) is 0 Å². The van der Waals surface area contributed by atoms with Gasteiger partial charge in [0.2, 0.25) is 11.8 Å². The topological polar surface area (TPSA) is 111 Å². The summed E-state index contributed by atoms with van der Waals surface area (Å²) in [5, 5.41) is 5.09. The van der Waals surface area contributed by atoms with Gasteiger partial charge in [-0.25, -0.2) is 0 Å². The molecule has 2 heterocycles. The van der Waals surface area contributed by atoms with Crippen molar-refractivity contribution >= 4 is 17.8 Å². The number of amides is 2. The number of carbonyl (C=O) groups is 3. The number of carbonyl (C=O) groups excluding carboxylic acids is 3. The predicted octanol–water partition coefficient (Wildman–Crippen LogP) is 0.222. The number of rotatable bonds is 4. The van der Waals surface area contributed by atoms with Crippen LogP contribution in [-0.4, -0.2) is 36.9 Å². The summed E-state index contributed by atoms with van der Waals surface area (Å²) in [6.07, 6.45) is 14.6. The van der Waals surface area contributed by atoms with E-state index in [0.29, 0.717) is 13.1 Å². The Morgan fingerprint density at radius 1 is 0.805 bits per heavy atom. The van der Waals surface area contributed by atoms with Crippen LogP contribution >= 0.6 is 0 Å². The minimum Gasteiger partial charge on any atom is -0.461 e. The van der Waals surface area contributed by atoms with E-state index in [9.17, 15) is 14.4 Å². The molecule has 0 aromatic heterocycles. The molecule has 0 aliphatic carbocycles. The fourth-order valence-electron chi connectivity index (χ4n) is 2.19. The van der Waals surface area contributed by atoms with Crippen molar-refractivity contribution in [2.75, 3.05) is 13.1 Å². The summed E-state index contributed by atoms with van der Waals surface area (Å²) in [5.41, 5.74) is 6.06. The van der Waals surface area contributed by atoms with Crippen LogP contribution in [-0.2, 0) is 25.7 Å². The standard InChI is InChI=1S/C12H13NO3.C10H2.C9H4.C3H6N2O/c14-11(6-10-7-13-12(10)15)16-8-9-4-2-1-3-5-9;1-3-5-7-9-10-8-6-4-2;1-3-5-7-9-8-6-4-2;4-2-1-5-3(2)6/h1-5,10H,6-8H2,(H,13,15);1-2H;1H,2H3;2H,1,4H2,(H,5,6)/t10-;;;2-/m0..0/s1. The van der Waals surface area contributed by atoms with Gasteiger partial charge in [0.1, 0.15) is 12.6 Å². The molecule has 2 saturated heterocycles. The van der Waals surface area contributed by atoms with Crippen molar-refractivity contribution in [3.8, 4) is 108 Å². The number of hydrogen-bond acceptors (Lipinski definition) is 5. The molecule has 3 rings (SSSR count). The average Bonchev–Trinajstić information content (AvgIpc) is 3.00. The Kier molecular flexibility index (Phi) is 20.3. The van der Waals surface area contributed by atoms with E-state index in [1.165, 1.54) is 0 Å². The SMILES string of the molecule is C#CC#CC#CC#CC.C#CC#CC#CC#CC#C.N[C@H]1CNC1=O.O=C(C[C@H]1CNC1=O)OCc1ccccc1.